The lowest BCUT2D eigenvalue weighted by molar-refractivity contribution is -0.110. The second-order valence-corrected chi connectivity index (χ2v) is 3.51. The Kier molecular flexibility index (Phi) is 9.61. The molecule has 0 spiro atoms. The van der Waals surface area contributed by atoms with E-state index in [0.29, 0.717) is 0 Å². The molecule has 0 atom stereocenters. The van der Waals surface area contributed by atoms with E-state index in [1.807, 2.05) is 13.0 Å². The average molecular weight is 194 g/mol. The Hall–Kier alpha value is -0.850. The van der Waals surface area contributed by atoms with Crippen molar-refractivity contribution in [3.05, 3.63) is 24.3 Å². The molecule has 0 rings (SSSR count). The third-order valence-electron chi connectivity index (χ3n) is 2.09. The molecule has 0 aliphatic rings. The van der Waals surface area contributed by atoms with Crippen LogP contribution in [0.15, 0.2) is 24.3 Å². The summed E-state index contributed by atoms with van der Waals surface area (Å²) in [5.41, 5.74) is 0. The first-order valence-electron chi connectivity index (χ1n) is 5.64. The van der Waals surface area contributed by atoms with Crippen molar-refractivity contribution < 1.29 is 4.79 Å². The predicted octanol–water partition coefficient (Wildman–Crippen LogP) is 4.05. The number of hydrogen-bond acceptors (Lipinski definition) is 1. The second-order valence-electron chi connectivity index (χ2n) is 3.51. The van der Waals surface area contributed by atoms with E-state index in [1.165, 1.54) is 32.1 Å². The van der Waals surface area contributed by atoms with E-state index in [-0.39, 0.29) is 5.78 Å². The van der Waals surface area contributed by atoms with Crippen LogP contribution in [-0.2, 0) is 4.79 Å². The van der Waals surface area contributed by atoms with Crippen LogP contribution in [0.25, 0.3) is 0 Å². The lowest BCUT2D eigenvalue weighted by Gasteiger charge is -1.95. The van der Waals surface area contributed by atoms with Crippen molar-refractivity contribution in [2.75, 3.05) is 0 Å². The molecule has 0 fully saturated rings. The zero-order valence-corrected chi connectivity index (χ0v) is 9.46. The van der Waals surface area contributed by atoms with Crippen molar-refractivity contribution in [1.29, 1.82) is 0 Å². The number of carbonyl (C=O) groups excluding carboxylic acids is 1. The van der Waals surface area contributed by atoms with Crippen molar-refractivity contribution >= 4 is 5.78 Å². The summed E-state index contributed by atoms with van der Waals surface area (Å²) in [5, 5.41) is 0. The number of carbonyl (C=O) groups is 1. The summed E-state index contributed by atoms with van der Waals surface area (Å²) in [6.07, 6.45) is 14.5. The van der Waals surface area contributed by atoms with Crippen LogP contribution in [0.3, 0.4) is 0 Å². The van der Waals surface area contributed by atoms with Crippen molar-refractivity contribution in [2.24, 2.45) is 0 Å². The first-order chi connectivity index (χ1) is 6.81. The van der Waals surface area contributed by atoms with Gasteiger partial charge in [-0.1, -0.05) is 44.8 Å². The van der Waals surface area contributed by atoms with Crippen LogP contribution < -0.4 is 0 Å². The molecule has 0 amide bonds. The molecule has 1 nitrogen and oxygen atoms in total. The zero-order chi connectivity index (χ0) is 10.6. The number of hydrogen-bond donors (Lipinski definition) is 0. The molecule has 1 heteroatoms. The van der Waals surface area contributed by atoms with E-state index >= 15 is 0 Å². The topological polar surface area (TPSA) is 17.1 Å². The van der Waals surface area contributed by atoms with Crippen molar-refractivity contribution in [1.82, 2.24) is 0 Å². The average Bonchev–Trinajstić information content (AvgIpc) is 2.17. The molecule has 14 heavy (non-hydrogen) atoms. The highest BCUT2D eigenvalue weighted by Gasteiger charge is 1.88. The van der Waals surface area contributed by atoms with Crippen LogP contribution in [0, 0.1) is 0 Å². The smallest absolute Gasteiger partial charge is 0.177 e. The van der Waals surface area contributed by atoms with E-state index in [4.69, 9.17) is 0 Å². The quantitative estimate of drug-likeness (QED) is 0.421. The fraction of sp³-hybridized carbons (Fsp3) is 0.615. The van der Waals surface area contributed by atoms with Gasteiger partial charge in [-0.05, 0) is 31.9 Å². The molecule has 0 aromatic heterocycles. The Morgan fingerprint density at radius 3 is 2.43 bits per heavy atom. The van der Waals surface area contributed by atoms with E-state index < -0.39 is 0 Å². The molecule has 0 radical (unpaired) electrons. The third kappa shape index (κ3) is 9.24. The molecule has 80 valence electrons. The van der Waals surface area contributed by atoms with Crippen LogP contribution >= 0.6 is 0 Å². The Labute approximate surface area is 87.9 Å². The fourth-order valence-electron chi connectivity index (χ4n) is 1.29. The van der Waals surface area contributed by atoms with E-state index in [9.17, 15) is 4.79 Å². The Balaban J connectivity index is 3.30. The minimum absolute atomic E-state index is 0.0982. The number of ketones is 1. The third-order valence-corrected chi connectivity index (χ3v) is 2.09. The Morgan fingerprint density at radius 2 is 1.79 bits per heavy atom. The molecule has 0 aromatic rings. The number of unbranched alkanes of at least 4 members (excludes halogenated alkanes) is 5. The molecule has 0 bridgehead atoms. The van der Waals surface area contributed by atoms with Gasteiger partial charge in [0.1, 0.15) is 0 Å². The lowest BCUT2D eigenvalue weighted by atomic mass is 10.1. The van der Waals surface area contributed by atoms with Crippen LogP contribution in [0.1, 0.15) is 52.4 Å². The molecule has 0 aliphatic heterocycles. The Bertz CT molecular complexity index is 189. The van der Waals surface area contributed by atoms with Gasteiger partial charge in [0.25, 0.3) is 0 Å². The monoisotopic (exact) mass is 194 g/mol. The molecular weight excluding hydrogens is 172 g/mol. The van der Waals surface area contributed by atoms with Gasteiger partial charge >= 0.3 is 0 Å². The summed E-state index contributed by atoms with van der Waals surface area (Å²) < 4.78 is 0. The first kappa shape index (κ1) is 13.2. The van der Waals surface area contributed by atoms with Gasteiger partial charge in [-0.2, -0.15) is 0 Å². The van der Waals surface area contributed by atoms with E-state index in [2.05, 4.69) is 6.92 Å². The van der Waals surface area contributed by atoms with Crippen LogP contribution in [0.2, 0.25) is 0 Å². The molecule has 0 heterocycles. The minimum atomic E-state index is 0.0982. The molecule has 0 saturated carbocycles. The van der Waals surface area contributed by atoms with Gasteiger partial charge in [-0.25, -0.2) is 0 Å². The molecule has 0 unspecified atom stereocenters. The summed E-state index contributed by atoms with van der Waals surface area (Å²) in [6, 6.07) is 0. The second kappa shape index (κ2) is 10.2. The predicted molar refractivity (Wildman–Crippen MR) is 62.3 cm³/mol. The maximum absolute atomic E-state index is 11.0. The molecule has 0 N–H and O–H groups in total. The van der Waals surface area contributed by atoms with Crippen molar-refractivity contribution in [3.8, 4) is 0 Å². The Morgan fingerprint density at radius 1 is 1.07 bits per heavy atom. The van der Waals surface area contributed by atoms with Gasteiger partial charge in [0.15, 0.2) is 5.78 Å². The van der Waals surface area contributed by atoms with Crippen LogP contribution in [-0.4, -0.2) is 5.78 Å². The largest absolute Gasteiger partial charge is 0.290 e. The first-order valence-corrected chi connectivity index (χ1v) is 5.64. The van der Waals surface area contributed by atoms with Crippen LogP contribution in [0.4, 0.5) is 0 Å². The van der Waals surface area contributed by atoms with Gasteiger partial charge < -0.3 is 0 Å². The standard InChI is InChI=1S/C13H22O/c1-3-5-6-7-8-9-10-12-13(14)11-4-2/h4,10-12H,3,5-9H2,1-2H3. The SMILES string of the molecule is CC=CC(=O)C=CCCCCCCC. The van der Waals surface area contributed by atoms with Gasteiger partial charge in [-0.15, -0.1) is 0 Å². The molecule has 0 saturated heterocycles. The van der Waals surface area contributed by atoms with E-state index in [0.717, 1.165) is 6.42 Å². The lowest BCUT2D eigenvalue weighted by Crippen LogP contribution is -1.84. The highest BCUT2D eigenvalue weighted by Crippen LogP contribution is 2.05. The fourth-order valence-corrected chi connectivity index (χ4v) is 1.29. The zero-order valence-electron chi connectivity index (χ0n) is 9.46. The number of allylic oxidation sites excluding steroid dienone is 4. The highest BCUT2D eigenvalue weighted by molar-refractivity contribution is 5.98. The summed E-state index contributed by atoms with van der Waals surface area (Å²) in [7, 11) is 0. The number of rotatable bonds is 8. The maximum Gasteiger partial charge on any atom is 0.177 e. The maximum atomic E-state index is 11.0. The summed E-state index contributed by atoms with van der Waals surface area (Å²) in [6.45, 7) is 4.08. The highest BCUT2D eigenvalue weighted by atomic mass is 16.1. The summed E-state index contributed by atoms with van der Waals surface area (Å²) >= 11 is 0. The molecular formula is C13H22O. The van der Waals surface area contributed by atoms with E-state index in [1.54, 1.807) is 18.2 Å². The van der Waals surface area contributed by atoms with Crippen molar-refractivity contribution in [3.63, 3.8) is 0 Å². The molecule has 0 aromatic carbocycles. The van der Waals surface area contributed by atoms with Crippen LogP contribution in [0.5, 0.6) is 0 Å². The van der Waals surface area contributed by atoms with Crippen molar-refractivity contribution in [2.45, 2.75) is 52.4 Å². The van der Waals surface area contributed by atoms with Gasteiger partial charge in [0.05, 0.1) is 0 Å². The summed E-state index contributed by atoms with van der Waals surface area (Å²) in [5.74, 6) is 0.0982. The normalized spacial score (nSPS) is 11.6. The van der Waals surface area contributed by atoms with Gasteiger partial charge in [0, 0.05) is 0 Å². The van der Waals surface area contributed by atoms with Gasteiger partial charge in [0.2, 0.25) is 0 Å². The summed E-state index contributed by atoms with van der Waals surface area (Å²) in [4.78, 5) is 11.0. The molecule has 0 aliphatic carbocycles. The van der Waals surface area contributed by atoms with Gasteiger partial charge in [-0.3, -0.25) is 4.79 Å². The minimum Gasteiger partial charge on any atom is -0.290 e.